The van der Waals surface area contributed by atoms with Crippen molar-refractivity contribution in [2.75, 3.05) is 25.2 Å². The average Bonchev–Trinajstić information content (AvgIpc) is 2.99. The fraction of sp³-hybridized carbons (Fsp3) is 0.667. The maximum absolute atomic E-state index is 9.27. The summed E-state index contributed by atoms with van der Waals surface area (Å²) in [6.45, 7) is 7.14. The fourth-order valence-corrected chi connectivity index (χ4v) is 2.46. The molecular weight excluding hydrogens is 298 g/mol. The van der Waals surface area contributed by atoms with Crippen LogP contribution in [0.15, 0.2) is 11.5 Å². The Bertz CT molecular complexity index is 568. The SMILES string of the molecule is CC.CCC(CO)CCn1cnc2c(NC)nc(SC)nc21. The molecule has 2 rings (SSSR count). The molecule has 2 heterocycles. The molecule has 6 nitrogen and oxygen atoms in total. The highest BCUT2D eigenvalue weighted by molar-refractivity contribution is 7.98. The molecule has 0 spiro atoms. The van der Waals surface area contributed by atoms with Gasteiger partial charge in [0.25, 0.3) is 0 Å². The molecular formula is C15H27N5OS. The molecule has 0 saturated heterocycles. The van der Waals surface area contributed by atoms with E-state index in [9.17, 15) is 5.11 Å². The molecule has 0 aliphatic heterocycles. The number of hydrogen-bond donors (Lipinski definition) is 2. The quantitative estimate of drug-likeness (QED) is 0.602. The molecule has 0 fully saturated rings. The molecule has 0 aliphatic rings. The normalized spacial score (nSPS) is 11.9. The maximum Gasteiger partial charge on any atom is 0.191 e. The molecule has 0 aromatic carbocycles. The van der Waals surface area contributed by atoms with Crippen LogP contribution in [-0.4, -0.2) is 44.5 Å². The number of aryl methyl sites for hydroxylation is 1. The zero-order valence-electron chi connectivity index (χ0n) is 14.1. The second-order valence-corrected chi connectivity index (χ2v) is 5.44. The molecule has 2 aromatic heterocycles. The lowest BCUT2D eigenvalue weighted by molar-refractivity contribution is 0.210. The third kappa shape index (κ3) is 4.33. The van der Waals surface area contributed by atoms with Crippen molar-refractivity contribution in [1.82, 2.24) is 19.5 Å². The van der Waals surface area contributed by atoms with E-state index in [1.807, 2.05) is 31.7 Å². The minimum absolute atomic E-state index is 0.232. The van der Waals surface area contributed by atoms with Gasteiger partial charge in [-0.05, 0) is 18.6 Å². The molecule has 1 atom stereocenters. The van der Waals surface area contributed by atoms with Crippen molar-refractivity contribution in [1.29, 1.82) is 0 Å². The van der Waals surface area contributed by atoms with E-state index in [2.05, 4.69) is 27.2 Å². The summed E-state index contributed by atoms with van der Waals surface area (Å²) in [6.07, 6.45) is 5.66. The summed E-state index contributed by atoms with van der Waals surface area (Å²) in [5.41, 5.74) is 1.64. The van der Waals surface area contributed by atoms with E-state index >= 15 is 0 Å². The molecule has 0 amide bonds. The van der Waals surface area contributed by atoms with Gasteiger partial charge in [-0.3, -0.25) is 0 Å². The Balaban J connectivity index is 0.00000116. The first-order valence-electron chi connectivity index (χ1n) is 7.78. The topological polar surface area (TPSA) is 75.9 Å². The Kier molecular flexibility index (Phi) is 8.19. The Morgan fingerprint density at radius 1 is 1.36 bits per heavy atom. The molecule has 124 valence electrons. The molecule has 2 N–H and O–H groups in total. The number of aliphatic hydroxyl groups is 1. The van der Waals surface area contributed by atoms with Gasteiger partial charge in [0, 0.05) is 20.2 Å². The van der Waals surface area contributed by atoms with Crippen LogP contribution in [0.4, 0.5) is 5.82 Å². The Morgan fingerprint density at radius 2 is 2.09 bits per heavy atom. The monoisotopic (exact) mass is 325 g/mol. The number of aromatic nitrogens is 4. The number of nitrogens with one attached hydrogen (secondary N) is 1. The van der Waals surface area contributed by atoms with Gasteiger partial charge < -0.3 is 15.0 Å². The summed E-state index contributed by atoms with van der Waals surface area (Å²) in [5, 5.41) is 13.1. The summed E-state index contributed by atoms with van der Waals surface area (Å²) in [6, 6.07) is 0. The fourth-order valence-electron chi connectivity index (χ4n) is 2.10. The molecule has 0 bridgehead atoms. The summed E-state index contributed by atoms with van der Waals surface area (Å²) in [5.74, 6) is 1.09. The Hall–Kier alpha value is -1.34. The van der Waals surface area contributed by atoms with Crippen LogP contribution in [-0.2, 0) is 6.54 Å². The van der Waals surface area contributed by atoms with Crippen LogP contribution in [0.1, 0.15) is 33.6 Å². The van der Waals surface area contributed by atoms with Gasteiger partial charge in [0.05, 0.1) is 6.33 Å². The van der Waals surface area contributed by atoms with Crippen LogP contribution in [0.25, 0.3) is 11.2 Å². The van der Waals surface area contributed by atoms with Crippen LogP contribution in [0.3, 0.4) is 0 Å². The number of anilines is 1. The number of imidazole rings is 1. The third-order valence-electron chi connectivity index (χ3n) is 3.48. The van der Waals surface area contributed by atoms with E-state index in [-0.39, 0.29) is 6.61 Å². The van der Waals surface area contributed by atoms with Crippen LogP contribution in [0, 0.1) is 5.92 Å². The van der Waals surface area contributed by atoms with Gasteiger partial charge >= 0.3 is 0 Å². The van der Waals surface area contributed by atoms with Crippen molar-refractivity contribution in [3.8, 4) is 0 Å². The van der Waals surface area contributed by atoms with Crippen molar-refractivity contribution in [3.05, 3.63) is 6.33 Å². The number of hydrogen-bond acceptors (Lipinski definition) is 6. The van der Waals surface area contributed by atoms with Gasteiger partial charge in [-0.15, -0.1) is 0 Å². The summed E-state index contributed by atoms with van der Waals surface area (Å²) in [7, 11) is 1.84. The third-order valence-corrected chi connectivity index (χ3v) is 4.02. The van der Waals surface area contributed by atoms with E-state index in [1.165, 1.54) is 11.8 Å². The second kappa shape index (κ2) is 9.63. The van der Waals surface area contributed by atoms with Crippen molar-refractivity contribution in [3.63, 3.8) is 0 Å². The molecule has 0 aliphatic carbocycles. The number of rotatable bonds is 7. The number of nitrogens with zero attached hydrogens (tertiary/aromatic N) is 4. The number of fused-ring (bicyclic) bond motifs is 1. The lowest BCUT2D eigenvalue weighted by Gasteiger charge is -2.12. The number of thioether (sulfide) groups is 1. The smallest absolute Gasteiger partial charge is 0.191 e. The standard InChI is InChI=1S/C13H21N5OS.C2H6/c1-4-9(7-19)5-6-18-8-15-10-11(14-2)16-13(20-3)17-12(10)18;1-2/h8-9,19H,4-7H2,1-3H3,(H,14,16,17);1-2H3. The molecule has 0 saturated carbocycles. The first kappa shape index (κ1) is 18.7. The molecule has 7 heteroatoms. The van der Waals surface area contributed by atoms with Crippen molar-refractivity contribution in [2.24, 2.45) is 5.92 Å². The van der Waals surface area contributed by atoms with E-state index in [0.717, 1.165) is 41.5 Å². The molecule has 0 radical (unpaired) electrons. The van der Waals surface area contributed by atoms with Gasteiger partial charge in [0.2, 0.25) is 0 Å². The predicted molar refractivity (Wildman–Crippen MR) is 93.5 cm³/mol. The lowest BCUT2D eigenvalue weighted by atomic mass is 10.0. The van der Waals surface area contributed by atoms with Crippen molar-refractivity contribution in [2.45, 2.75) is 45.3 Å². The first-order chi connectivity index (χ1) is 10.7. The van der Waals surface area contributed by atoms with E-state index in [0.29, 0.717) is 5.92 Å². The van der Waals surface area contributed by atoms with E-state index in [4.69, 9.17) is 0 Å². The van der Waals surface area contributed by atoms with Crippen molar-refractivity contribution >= 4 is 28.7 Å². The van der Waals surface area contributed by atoms with Crippen LogP contribution in [0.5, 0.6) is 0 Å². The van der Waals surface area contributed by atoms with Gasteiger partial charge in [-0.25, -0.2) is 15.0 Å². The first-order valence-corrected chi connectivity index (χ1v) is 9.01. The summed E-state index contributed by atoms with van der Waals surface area (Å²) in [4.78, 5) is 13.3. The highest BCUT2D eigenvalue weighted by Crippen LogP contribution is 2.22. The van der Waals surface area contributed by atoms with Gasteiger partial charge in [-0.1, -0.05) is 39.0 Å². The summed E-state index contributed by atoms with van der Waals surface area (Å²) >= 11 is 1.52. The largest absolute Gasteiger partial charge is 0.396 e. The second-order valence-electron chi connectivity index (χ2n) is 4.66. The zero-order chi connectivity index (χ0) is 16.5. The zero-order valence-corrected chi connectivity index (χ0v) is 14.9. The predicted octanol–water partition coefficient (Wildman–Crippen LogP) is 3.02. The number of aliphatic hydroxyl groups excluding tert-OH is 1. The highest BCUT2D eigenvalue weighted by Gasteiger charge is 2.13. The maximum atomic E-state index is 9.27. The summed E-state index contributed by atoms with van der Waals surface area (Å²) < 4.78 is 2.04. The van der Waals surface area contributed by atoms with Crippen LogP contribution >= 0.6 is 11.8 Å². The minimum atomic E-state index is 0.232. The minimum Gasteiger partial charge on any atom is -0.396 e. The molecule has 22 heavy (non-hydrogen) atoms. The van der Waals surface area contributed by atoms with Crippen LogP contribution in [0.2, 0.25) is 0 Å². The van der Waals surface area contributed by atoms with Crippen molar-refractivity contribution < 1.29 is 5.11 Å². The van der Waals surface area contributed by atoms with Crippen LogP contribution < -0.4 is 5.32 Å². The van der Waals surface area contributed by atoms with Gasteiger partial charge in [-0.2, -0.15) is 0 Å². The van der Waals surface area contributed by atoms with Gasteiger partial charge in [0.15, 0.2) is 16.6 Å². The Labute approximate surface area is 136 Å². The van der Waals surface area contributed by atoms with E-state index in [1.54, 1.807) is 6.33 Å². The average molecular weight is 325 g/mol. The van der Waals surface area contributed by atoms with Gasteiger partial charge in [0.1, 0.15) is 5.52 Å². The molecule has 2 aromatic rings. The molecule has 1 unspecified atom stereocenters. The lowest BCUT2D eigenvalue weighted by Crippen LogP contribution is -2.09. The highest BCUT2D eigenvalue weighted by atomic mass is 32.2. The Morgan fingerprint density at radius 3 is 2.64 bits per heavy atom. The van der Waals surface area contributed by atoms with E-state index < -0.39 is 0 Å².